The van der Waals surface area contributed by atoms with Crippen LogP contribution in [-0.2, 0) is 16.0 Å². The molecule has 1 unspecified atom stereocenters. The minimum Gasteiger partial charge on any atom is -0.494 e. The molecule has 0 radical (unpaired) electrons. The Labute approximate surface area is 265 Å². The number of thiocarbonyl (C=S) groups is 1. The van der Waals surface area contributed by atoms with Crippen molar-refractivity contribution in [1.82, 2.24) is 9.80 Å². The van der Waals surface area contributed by atoms with Gasteiger partial charge in [0.15, 0.2) is 5.11 Å². The van der Waals surface area contributed by atoms with E-state index in [4.69, 9.17) is 17.0 Å². The number of amides is 2. The van der Waals surface area contributed by atoms with Gasteiger partial charge in [0, 0.05) is 12.2 Å². The number of ether oxygens (including phenoxy) is 1. The first-order chi connectivity index (χ1) is 21.4. The summed E-state index contributed by atoms with van der Waals surface area (Å²) in [5, 5.41) is 3.25. The quantitative estimate of drug-likeness (QED) is 0.228. The van der Waals surface area contributed by atoms with Crippen LogP contribution in [0.3, 0.4) is 0 Å². The third kappa shape index (κ3) is 8.21. The van der Waals surface area contributed by atoms with Crippen molar-refractivity contribution in [3.8, 4) is 5.75 Å². The highest BCUT2D eigenvalue weighted by molar-refractivity contribution is 7.80. The summed E-state index contributed by atoms with van der Waals surface area (Å²) in [7, 11) is 0. The van der Waals surface area contributed by atoms with E-state index in [-0.39, 0.29) is 18.2 Å². The number of halogens is 1. The summed E-state index contributed by atoms with van der Waals surface area (Å²) >= 11 is 5.79. The highest BCUT2D eigenvalue weighted by atomic mass is 32.1. The molecular weight excluding hydrogens is 575 g/mol. The second kappa shape index (κ2) is 15.3. The second-order valence-corrected chi connectivity index (χ2v) is 12.0. The van der Waals surface area contributed by atoms with Crippen molar-refractivity contribution in [2.24, 2.45) is 5.92 Å². The van der Waals surface area contributed by atoms with Crippen molar-refractivity contribution in [2.45, 2.75) is 51.5 Å². The van der Waals surface area contributed by atoms with Crippen molar-refractivity contribution in [3.05, 3.63) is 90.2 Å². The molecule has 2 fully saturated rings. The van der Waals surface area contributed by atoms with Gasteiger partial charge in [0.1, 0.15) is 17.6 Å². The van der Waals surface area contributed by atoms with Gasteiger partial charge in [-0.2, -0.15) is 0 Å². The first kappa shape index (κ1) is 31.6. The molecule has 232 valence electrons. The van der Waals surface area contributed by atoms with Gasteiger partial charge in [-0.05, 0) is 124 Å². The monoisotopic (exact) mass is 616 g/mol. The molecule has 1 N–H and O–H groups in total. The van der Waals surface area contributed by atoms with E-state index >= 15 is 0 Å². The lowest BCUT2D eigenvalue weighted by Crippen LogP contribution is -2.40. The Kier molecular flexibility index (Phi) is 11.0. The van der Waals surface area contributed by atoms with Crippen LogP contribution in [-0.4, -0.2) is 65.6 Å². The van der Waals surface area contributed by atoms with Crippen molar-refractivity contribution in [1.29, 1.82) is 0 Å². The molecule has 2 aliphatic rings. The van der Waals surface area contributed by atoms with Crippen LogP contribution in [0.1, 0.15) is 44.6 Å². The fourth-order valence-electron chi connectivity index (χ4n) is 5.98. The minimum atomic E-state index is -0.740. The zero-order chi connectivity index (χ0) is 30.9. The third-order valence-corrected chi connectivity index (χ3v) is 8.76. The Hall–Kier alpha value is -3.82. The molecule has 5 rings (SSSR count). The Morgan fingerprint density at radius 1 is 0.977 bits per heavy atom. The van der Waals surface area contributed by atoms with Gasteiger partial charge in [0.25, 0.3) is 5.91 Å². The van der Waals surface area contributed by atoms with Crippen LogP contribution in [0.4, 0.5) is 15.8 Å². The standard InChI is InChI=1S/C35H41FN4O3S/c1-2-23-43-31-15-11-29(12-16-31)37-33(41)25-32-34(42)40(30-13-9-28(36)10-14-30)35(44)39(32)20-6-19-38-21-17-27(18-22-38)24-26-7-4-3-5-8-26/h3-5,7-16,27,32H,2,6,17-25H2,1H3,(H,37,41). The summed E-state index contributed by atoms with van der Waals surface area (Å²) in [6, 6.07) is 22.9. The number of rotatable bonds is 13. The van der Waals surface area contributed by atoms with Gasteiger partial charge >= 0.3 is 0 Å². The SMILES string of the molecule is CCCOc1ccc(NC(=O)CC2C(=O)N(c3ccc(F)cc3)C(=S)N2CCCN2CCC(Cc3ccccc3)CC2)cc1. The van der Waals surface area contributed by atoms with Gasteiger partial charge in [0.2, 0.25) is 5.91 Å². The molecule has 3 aromatic carbocycles. The van der Waals surface area contributed by atoms with Crippen molar-refractivity contribution in [2.75, 3.05) is 43.0 Å². The highest BCUT2D eigenvalue weighted by Crippen LogP contribution is 2.29. The van der Waals surface area contributed by atoms with Crippen LogP contribution < -0.4 is 15.0 Å². The third-order valence-electron chi connectivity index (χ3n) is 8.34. The first-order valence-electron chi connectivity index (χ1n) is 15.6. The Balaban J connectivity index is 1.19. The summed E-state index contributed by atoms with van der Waals surface area (Å²) in [6.07, 6.45) is 5.14. The van der Waals surface area contributed by atoms with Crippen LogP contribution in [0.15, 0.2) is 78.9 Å². The number of carbonyl (C=O) groups excluding carboxylic acids is 2. The zero-order valence-electron chi connectivity index (χ0n) is 25.3. The molecule has 2 aliphatic heterocycles. The molecule has 0 spiro atoms. The Morgan fingerprint density at radius 2 is 1.68 bits per heavy atom. The molecule has 3 aromatic rings. The lowest BCUT2D eigenvalue weighted by atomic mass is 9.90. The molecule has 44 heavy (non-hydrogen) atoms. The van der Waals surface area contributed by atoms with Gasteiger partial charge < -0.3 is 19.9 Å². The molecule has 1 atom stereocenters. The average molecular weight is 617 g/mol. The van der Waals surface area contributed by atoms with Crippen molar-refractivity contribution >= 4 is 40.5 Å². The maximum Gasteiger partial charge on any atom is 0.256 e. The van der Waals surface area contributed by atoms with E-state index in [2.05, 4.69) is 40.5 Å². The number of hydrogen-bond donors (Lipinski definition) is 1. The lowest BCUT2D eigenvalue weighted by molar-refractivity contribution is -0.124. The maximum atomic E-state index is 13.7. The van der Waals surface area contributed by atoms with Gasteiger partial charge in [0.05, 0.1) is 18.7 Å². The van der Waals surface area contributed by atoms with E-state index in [9.17, 15) is 14.0 Å². The van der Waals surface area contributed by atoms with Crippen LogP contribution in [0.5, 0.6) is 5.75 Å². The lowest BCUT2D eigenvalue weighted by Gasteiger charge is -2.33. The van der Waals surface area contributed by atoms with E-state index < -0.39 is 11.9 Å². The molecular formula is C35H41FN4O3S. The molecule has 2 saturated heterocycles. The molecule has 7 nitrogen and oxygen atoms in total. The average Bonchev–Trinajstić information content (AvgIpc) is 3.26. The maximum absolute atomic E-state index is 13.7. The predicted octanol–water partition coefficient (Wildman–Crippen LogP) is 6.29. The number of nitrogens with one attached hydrogen (secondary N) is 1. The van der Waals surface area contributed by atoms with Gasteiger partial charge in [-0.25, -0.2) is 4.39 Å². The molecule has 2 amide bonds. The normalized spacial score (nSPS) is 17.7. The Bertz CT molecular complexity index is 1400. The summed E-state index contributed by atoms with van der Waals surface area (Å²) in [5.41, 5.74) is 2.53. The zero-order valence-corrected chi connectivity index (χ0v) is 26.1. The molecule has 2 heterocycles. The number of benzene rings is 3. The van der Waals surface area contributed by atoms with E-state index in [1.54, 1.807) is 24.3 Å². The number of piperidine rings is 1. The molecule has 9 heteroatoms. The van der Waals surface area contributed by atoms with E-state index in [1.807, 2.05) is 24.0 Å². The fourth-order valence-corrected chi connectivity index (χ4v) is 6.40. The molecule has 0 bridgehead atoms. The van der Waals surface area contributed by atoms with Gasteiger partial charge in [-0.3, -0.25) is 14.5 Å². The minimum absolute atomic E-state index is 0.0460. The summed E-state index contributed by atoms with van der Waals surface area (Å²) in [5.74, 6) is 0.492. The number of carbonyl (C=O) groups is 2. The van der Waals surface area contributed by atoms with Gasteiger partial charge in [-0.1, -0.05) is 37.3 Å². The fraction of sp³-hybridized carbons (Fsp3) is 0.400. The summed E-state index contributed by atoms with van der Waals surface area (Å²) < 4.78 is 19.3. The van der Waals surface area contributed by atoms with E-state index in [1.165, 1.54) is 35.4 Å². The van der Waals surface area contributed by atoms with Crippen LogP contribution in [0.2, 0.25) is 0 Å². The van der Waals surface area contributed by atoms with E-state index in [0.717, 1.165) is 44.6 Å². The number of nitrogens with zero attached hydrogens (tertiary/aromatic N) is 3. The van der Waals surface area contributed by atoms with Gasteiger partial charge in [-0.15, -0.1) is 0 Å². The second-order valence-electron chi connectivity index (χ2n) is 11.6. The van der Waals surface area contributed by atoms with Crippen molar-refractivity contribution in [3.63, 3.8) is 0 Å². The van der Waals surface area contributed by atoms with Crippen LogP contribution in [0.25, 0.3) is 0 Å². The van der Waals surface area contributed by atoms with E-state index in [0.29, 0.717) is 35.6 Å². The van der Waals surface area contributed by atoms with Crippen LogP contribution in [0, 0.1) is 11.7 Å². The first-order valence-corrected chi connectivity index (χ1v) is 16.0. The van der Waals surface area contributed by atoms with Crippen LogP contribution >= 0.6 is 12.2 Å². The summed E-state index contributed by atoms with van der Waals surface area (Å²) in [6.45, 7) is 6.22. The highest BCUT2D eigenvalue weighted by Gasteiger charge is 2.44. The Morgan fingerprint density at radius 3 is 2.36 bits per heavy atom. The largest absolute Gasteiger partial charge is 0.494 e. The molecule has 0 aliphatic carbocycles. The summed E-state index contributed by atoms with van der Waals surface area (Å²) in [4.78, 5) is 32.6. The molecule has 0 saturated carbocycles. The smallest absolute Gasteiger partial charge is 0.256 e. The van der Waals surface area contributed by atoms with Crippen molar-refractivity contribution < 1.29 is 18.7 Å². The number of anilines is 2. The molecule has 0 aromatic heterocycles. The number of likely N-dealkylation sites (tertiary alicyclic amines) is 1. The topological polar surface area (TPSA) is 65.1 Å². The number of hydrogen-bond acceptors (Lipinski definition) is 5. The predicted molar refractivity (Wildman–Crippen MR) is 176 cm³/mol.